The van der Waals surface area contributed by atoms with Gasteiger partial charge in [0.1, 0.15) is 0 Å². The molecule has 5 nitrogen and oxygen atoms in total. The van der Waals surface area contributed by atoms with Crippen molar-refractivity contribution in [1.29, 1.82) is 0 Å². The van der Waals surface area contributed by atoms with Gasteiger partial charge in [0.2, 0.25) is 0 Å². The van der Waals surface area contributed by atoms with Crippen molar-refractivity contribution in [3.63, 3.8) is 0 Å². The van der Waals surface area contributed by atoms with Gasteiger partial charge in [0.25, 0.3) is 0 Å². The van der Waals surface area contributed by atoms with E-state index in [-0.39, 0.29) is 12.4 Å². The molecular weight excluding hydrogens is 414 g/mol. The van der Waals surface area contributed by atoms with Gasteiger partial charge in [-0.1, -0.05) is 15.9 Å². The van der Waals surface area contributed by atoms with Gasteiger partial charge in [0.05, 0.1) is 11.9 Å². The van der Waals surface area contributed by atoms with Crippen LogP contribution < -0.4 is 5.32 Å². The number of hydrogen-bond donors (Lipinski definition) is 1. The summed E-state index contributed by atoms with van der Waals surface area (Å²) in [6.45, 7) is 3.90. The Labute approximate surface area is 168 Å². The number of halogens is 2. The monoisotopic (exact) mass is 433 g/mol. The highest BCUT2D eigenvalue weighted by atomic mass is 79.9. The van der Waals surface area contributed by atoms with Gasteiger partial charge in [-0.25, -0.2) is 4.68 Å². The molecule has 2 aromatic heterocycles. The molecule has 1 unspecified atom stereocenters. The molecule has 1 saturated heterocycles. The van der Waals surface area contributed by atoms with E-state index in [1.54, 1.807) is 0 Å². The number of rotatable bonds is 4. The molecule has 1 atom stereocenters. The molecule has 7 heteroatoms. The average Bonchev–Trinajstić information content (AvgIpc) is 3.12. The molecule has 1 aromatic carbocycles. The first-order valence-electron chi connectivity index (χ1n) is 8.44. The summed E-state index contributed by atoms with van der Waals surface area (Å²) in [6.07, 6.45) is 7.82. The second-order valence-electron chi connectivity index (χ2n) is 6.24. The normalized spacial score (nSPS) is 17.7. The third-order valence-corrected chi connectivity index (χ3v) is 5.09. The topological polar surface area (TPSA) is 46.0 Å². The first-order valence-corrected chi connectivity index (χ1v) is 9.23. The SMILES string of the molecule is Brc1ccc(-n2cc(CN3CCNCC3c3ccncc3)cn2)cc1.Cl. The van der Waals surface area contributed by atoms with Crippen molar-refractivity contribution < 1.29 is 0 Å². The van der Waals surface area contributed by atoms with Crippen molar-refractivity contribution in [3.05, 3.63) is 76.8 Å². The molecular formula is C19H21BrClN5. The number of aromatic nitrogens is 3. The van der Waals surface area contributed by atoms with Crippen LogP contribution in [0.5, 0.6) is 0 Å². The Morgan fingerprint density at radius 3 is 2.65 bits per heavy atom. The van der Waals surface area contributed by atoms with Crippen LogP contribution in [-0.2, 0) is 6.54 Å². The Balaban J connectivity index is 0.00000196. The van der Waals surface area contributed by atoms with Gasteiger partial charge in [0.15, 0.2) is 0 Å². The minimum absolute atomic E-state index is 0. The summed E-state index contributed by atoms with van der Waals surface area (Å²) in [5.74, 6) is 0. The molecule has 4 rings (SSSR count). The standard InChI is InChI=1S/C19H20BrN5.ClH/c20-17-1-3-18(4-2-17)25-14-15(11-23-25)13-24-10-9-22-12-19(24)16-5-7-21-8-6-16;/h1-8,11,14,19,22H,9-10,12-13H2;1H. The predicted octanol–water partition coefficient (Wildman–Crippen LogP) is 3.60. The number of nitrogens with zero attached hydrogens (tertiary/aromatic N) is 4. The second kappa shape index (κ2) is 8.77. The number of pyridine rings is 1. The van der Waals surface area contributed by atoms with Gasteiger partial charge in [-0.15, -0.1) is 12.4 Å². The smallest absolute Gasteiger partial charge is 0.0646 e. The quantitative estimate of drug-likeness (QED) is 0.681. The van der Waals surface area contributed by atoms with Gasteiger partial charge in [0, 0.05) is 60.8 Å². The maximum Gasteiger partial charge on any atom is 0.0646 e. The molecule has 26 heavy (non-hydrogen) atoms. The fraction of sp³-hybridized carbons (Fsp3) is 0.263. The van der Waals surface area contributed by atoms with Crippen molar-refractivity contribution in [2.75, 3.05) is 19.6 Å². The largest absolute Gasteiger partial charge is 0.314 e. The van der Waals surface area contributed by atoms with E-state index >= 15 is 0 Å². The summed E-state index contributed by atoms with van der Waals surface area (Å²) in [5.41, 5.74) is 3.60. The fourth-order valence-electron chi connectivity index (χ4n) is 3.26. The molecule has 0 amide bonds. The lowest BCUT2D eigenvalue weighted by Crippen LogP contribution is -2.45. The van der Waals surface area contributed by atoms with Crippen LogP contribution in [0.25, 0.3) is 5.69 Å². The summed E-state index contributed by atoms with van der Waals surface area (Å²) >= 11 is 3.47. The van der Waals surface area contributed by atoms with E-state index in [0.29, 0.717) is 6.04 Å². The second-order valence-corrected chi connectivity index (χ2v) is 7.16. The Hall–Kier alpha value is -1.73. The summed E-state index contributed by atoms with van der Waals surface area (Å²) in [7, 11) is 0. The van der Waals surface area contributed by atoms with Crippen LogP contribution in [0.1, 0.15) is 17.2 Å². The van der Waals surface area contributed by atoms with Crippen molar-refractivity contribution >= 4 is 28.3 Å². The van der Waals surface area contributed by atoms with E-state index in [9.17, 15) is 0 Å². The molecule has 1 aliphatic heterocycles. The molecule has 0 bridgehead atoms. The Bertz CT molecular complexity index is 821. The summed E-state index contributed by atoms with van der Waals surface area (Å²) in [5, 5.41) is 8.03. The summed E-state index contributed by atoms with van der Waals surface area (Å²) in [4.78, 5) is 6.65. The van der Waals surface area contributed by atoms with Crippen LogP contribution >= 0.6 is 28.3 Å². The zero-order valence-electron chi connectivity index (χ0n) is 14.3. The third-order valence-electron chi connectivity index (χ3n) is 4.56. The van der Waals surface area contributed by atoms with E-state index < -0.39 is 0 Å². The summed E-state index contributed by atoms with van der Waals surface area (Å²) in [6, 6.07) is 12.8. The predicted molar refractivity (Wildman–Crippen MR) is 109 cm³/mol. The minimum atomic E-state index is 0. The lowest BCUT2D eigenvalue weighted by molar-refractivity contribution is 0.153. The highest BCUT2D eigenvalue weighted by Gasteiger charge is 2.24. The lowest BCUT2D eigenvalue weighted by atomic mass is 10.0. The first kappa shape index (κ1) is 19.0. The molecule has 3 heterocycles. The van der Waals surface area contributed by atoms with E-state index in [2.05, 4.69) is 66.7 Å². The lowest BCUT2D eigenvalue weighted by Gasteiger charge is -2.36. The Morgan fingerprint density at radius 1 is 1.12 bits per heavy atom. The van der Waals surface area contributed by atoms with Gasteiger partial charge in [-0.3, -0.25) is 9.88 Å². The average molecular weight is 435 g/mol. The van der Waals surface area contributed by atoms with Crippen LogP contribution in [0.3, 0.4) is 0 Å². The first-order chi connectivity index (χ1) is 12.3. The van der Waals surface area contributed by atoms with Crippen LogP contribution in [0.2, 0.25) is 0 Å². The zero-order valence-corrected chi connectivity index (χ0v) is 16.7. The molecule has 0 aliphatic carbocycles. The van der Waals surface area contributed by atoms with Gasteiger partial charge in [-0.2, -0.15) is 5.10 Å². The molecule has 0 radical (unpaired) electrons. The zero-order chi connectivity index (χ0) is 17.1. The van der Waals surface area contributed by atoms with Crippen LogP contribution in [-0.4, -0.2) is 39.3 Å². The highest BCUT2D eigenvalue weighted by Crippen LogP contribution is 2.24. The van der Waals surface area contributed by atoms with Crippen molar-refractivity contribution in [2.45, 2.75) is 12.6 Å². The molecule has 1 N–H and O–H groups in total. The maximum atomic E-state index is 4.53. The van der Waals surface area contributed by atoms with E-state index in [1.807, 2.05) is 35.4 Å². The Morgan fingerprint density at radius 2 is 1.88 bits per heavy atom. The third kappa shape index (κ3) is 4.32. The van der Waals surface area contributed by atoms with Gasteiger partial charge >= 0.3 is 0 Å². The maximum absolute atomic E-state index is 4.53. The van der Waals surface area contributed by atoms with E-state index in [4.69, 9.17) is 0 Å². The van der Waals surface area contributed by atoms with E-state index in [1.165, 1.54) is 11.1 Å². The van der Waals surface area contributed by atoms with Crippen molar-refractivity contribution in [2.24, 2.45) is 0 Å². The van der Waals surface area contributed by atoms with Crippen LogP contribution in [0, 0.1) is 0 Å². The van der Waals surface area contributed by atoms with Crippen LogP contribution in [0.4, 0.5) is 0 Å². The molecule has 0 spiro atoms. The molecule has 136 valence electrons. The highest BCUT2D eigenvalue weighted by molar-refractivity contribution is 9.10. The number of hydrogen-bond acceptors (Lipinski definition) is 4. The molecule has 0 saturated carbocycles. The molecule has 1 aliphatic rings. The van der Waals surface area contributed by atoms with Crippen LogP contribution in [0.15, 0.2) is 65.7 Å². The minimum Gasteiger partial charge on any atom is -0.314 e. The van der Waals surface area contributed by atoms with Crippen molar-refractivity contribution in [3.8, 4) is 5.69 Å². The van der Waals surface area contributed by atoms with Gasteiger partial charge < -0.3 is 5.32 Å². The van der Waals surface area contributed by atoms with Crippen molar-refractivity contribution in [1.82, 2.24) is 25.0 Å². The summed E-state index contributed by atoms with van der Waals surface area (Å²) < 4.78 is 3.01. The Kier molecular flexibility index (Phi) is 6.43. The molecule has 1 fully saturated rings. The number of benzene rings is 1. The fourth-order valence-corrected chi connectivity index (χ4v) is 3.53. The van der Waals surface area contributed by atoms with E-state index in [0.717, 1.165) is 36.3 Å². The number of nitrogens with one attached hydrogen (secondary N) is 1. The molecule has 3 aromatic rings. The number of piperazine rings is 1. The van der Waals surface area contributed by atoms with Gasteiger partial charge in [-0.05, 0) is 42.0 Å².